The van der Waals surface area contributed by atoms with Crippen molar-refractivity contribution in [3.8, 4) is 0 Å². The first-order chi connectivity index (χ1) is 8.77. The molecule has 3 heteroatoms. The topological polar surface area (TPSA) is 47.3 Å². The molecule has 2 aromatic rings. The Morgan fingerprint density at radius 3 is 2.61 bits per heavy atom. The van der Waals surface area contributed by atoms with Crippen LogP contribution in [0.2, 0.25) is 0 Å². The summed E-state index contributed by atoms with van der Waals surface area (Å²) in [5, 5.41) is 2.44. The van der Waals surface area contributed by atoms with Gasteiger partial charge < -0.3 is 4.74 Å². The Balaban J connectivity index is 2.44. The lowest BCUT2D eigenvalue weighted by Gasteiger charge is -2.24. The average molecular weight is 244 g/mol. The van der Waals surface area contributed by atoms with E-state index in [0.717, 1.165) is 0 Å². The molecule has 0 saturated heterocycles. The second-order valence-electron chi connectivity index (χ2n) is 4.37. The van der Waals surface area contributed by atoms with E-state index in [0.29, 0.717) is 6.61 Å². The second-order valence-corrected chi connectivity index (χ2v) is 4.37. The summed E-state index contributed by atoms with van der Waals surface area (Å²) in [5.41, 5.74) is 4.05. The van der Waals surface area contributed by atoms with E-state index in [4.69, 9.17) is 10.6 Å². The molecule has 0 aromatic heterocycles. The molecule has 0 aliphatic carbocycles. The molecule has 0 aliphatic rings. The first-order valence-electron chi connectivity index (χ1n) is 6.33. The van der Waals surface area contributed by atoms with E-state index in [9.17, 15) is 0 Å². The van der Waals surface area contributed by atoms with E-state index in [1.54, 1.807) is 0 Å². The molecule has 0 saturated carbocycles. The maximum Gasteiger partial charge on any atom is 0.0754 e. The van der Waals surface area contributed by atoms with E-state index in [1.807, 2.05) is 26.0 Å². The minimum absolute atomic E-state index is 0.00366. The summed E-state index contributed by atoms with van der Waals surface area (Å²) < 4.78 is 5.66. The lowest BCUT2D eigenvalue weighted by molar-refractivity contribution is 0.0476. The Bertz CT molecular complexity index is 507. The highest BCUT2D eigenvalue weighted by Crippen LogP contribution is 2.26. The third-order valence-electron chi connectivity index (χ3n) is 3.24. The Labute approximate surface area is 108 Å². The Morgan fingerprint density at radius 2 is 1.89 bits per heavy atom. The third kappa shape index (κ3) is 2.53. The number of hydrogen-bond donors (Lipinski definition) is 2. The predicted octanol–water partition coefficient (Wildman–Crippen LogP) is 2.77. The lowest BCUT2D eigenvalue weighted by Crippen LogP contribution is -2.36. The summed E-state index contributed by atoms with van der Waals surface area (Å²) in [5.74, 6) is 5.70. The number of rotatable bonds is 5. The van der Waals surface area contributed by atoms with Gasteiger partial charge >= 0.3 is 0 Å². The van der Waals surface area contributed by atoms with E-state index in [-0.39, 0.29) is 12.1 Å². The van der Waals surface area contributed by atoms with E-state index < -0.39 is 0 Å². The van der Waals surface area contributed by atoms with Crippen molar-refractivity contribution >= 4 is 10.8 Å². The number of hydrazine groups is 1. The van der Waals surface area contributed by atoms with Crippen LogP contribution in [0.1, 0.15) is 25.5 Å². The van der Waals surface area contributed by atoms with Crippen LogP contribution in [-0.2, 0) is 4.74 Å². The normalized spacial score (nSPS) is 14.6. The maximum absolute atomic E-state index is 5.70. The second kappa shape index (κ2) is 5.96. The van der Waals surface area contributed by atoms with E-state index >= 15 is 0 Å². The molecule has 0 amide bonds. The van der Waals surface area contributed by atoms with Gasteiger partial charge in [0.25, 0.3) is 0 Å². The molecule has 2 rings (SSSR count). The molecule has 2 unspecified atom stereocenters. The summed E-state index contributed by atoms with van der Waals surface area (Å²) in [6.45, 7) is 4.72. The van der Waals surface area contributed by atoms with Crippen molar-refractivity contribution in [1.82, 2.24) is 5.43 Å². The standard InChI is InChI=1S/C15H20N2O/c1-3-18-11(2)15(17-16)14-10-6-8-12-7-4-5-9-13(12)14/h4-11,15,17H,3,16H2,1-2H3. The van der Waals surface area contributed by atoms with E-state index in [2.05, 4.69) is 35.8 Å². The number of benzene rings is 2. The summed E-state index contributed by atoms with van der Waals surface area (Å²) in [7, 11) is 0. The van der Waals surface area contributed by atoms with Gasteiger partial charge in [0.1, 0.15) is 0 Å². The van der Waals surface area contributed by atoms with Gasteiger partial charge in [-0.15, -0.1) is 0 Å². The van der Waals surface area contributed by atoms with Crippen molar-refractivity contribution in [2.45, 2.75) is 26.0 Å². The molecule has 0 spiro atoms. The lowest BCUT2D eigenvalue weighted by atomic mass is 9.96. The average Bonchev–Trinajstić information content (AvgIpc) is 2.40. The first-order valence-corrected chi connectivity index (χ1v) is 6.33. The van der Waals surface area contributed by atoms with Crippen LogP contribution < -0.4 is 11.3 Å². The van der Waals surface area contributed by atoms with Crippen molar-refractivity contribution < 1.29 is 4.74 Å². The first kappa shape index (κ1) is 13.0. The van der Waals surface area contributed by atoms with Crippen LogP contribution in [0.25, 0.3) is 10.8 Å². The van der Waals surface area contributed by atoms with Crippen molar-refractivity contribution in [3.63, 3.8) is 0 Å². The summed E-state index contributed by atoms with van der Waals surface area (Å²) in [6.07, 6.45) is 0.0332. The SMILES string of the molecule is CCOC(C)C(NN)c1cccc2ccccc12. The van der Waals surface area contributed by atoms with Gasteiger partial charge in [-0.2, -0.15) is 0 Å². The Morgan fingerprint density at radius 1 is 1.17 bits per heavy atom. The molecular formula is C15H20N2O. The number of hydrogen-bond acceptors (Lipinski definition) is 3. The summed E-state index contributed by atoms with van der Waals surface area (Å²) >= 11 is 0. The van der Waals surface area contributed by atoms with Crippen LogP contribution in [0.5, 0.6) is 0 Å². The molecule has 0 radical (unpaired) electrons. The van der Waals surface area contributed by atoms with Gasteiger partial charge in [-0.05, 0) is 30.2 Å². The summed E-state index contributed by atoms with van der Waals surface area (Å²) in [4.78, 5) is 0. The maximum atomic E-state index is 5.70. The van der Waals surface area contributed by atoms with Crippen LogP contribution in [-0.4, -0.2) is 12.7 Å². The fraction of sp³-hybridized carbons (Fsp3) is 0.333. The fourth-order valence-corrected chi connectivity index (χ4v) is 2.36. The third-order valence-corrected chi connectivity index (χ3v) is 3.24. The monoisotopic (exact) mass is 244 g/mol. The summed E-state index contributed by atoms with van der Waals surface area (Å²) in [6, 6.07) is 14.6. The highest BCUT2D eigenvalue weighted by molar-refractivity contribution is 5.86. The van der Waals surface area contributed by atoms with Gasteiger partial charge in [0.05, 0.1) is 12.1 Å². The molecule has 0 bridgehead atoms. The molecule has 18 heavy (non-hydrogen) atoms. The van der Waals surface area contributed by atoms with E-state index in [1.165, 1.54) is 16.3 Å². The van der Waals surface area contributed by atoms with Gasteiger partial charge in [-0.3, -0.25) is 11.3 Å². The molecule has 3 nitrogen and oxygen atoms in total. The molecule has 2 atom stereocenters. The van der Waals surface area contributed by atoms with Crippen LogP contribution in [0.4, 0.5) is 0 Å². The van der Waals surface area contributed by atoms with Crippen LogP contribution in [0.3, 0.4) is 0 Å². The smallest absolute Gasteiger partial charge is 0.0754 e. The highest BCUT2D eigenvalue weighted by Gasteiger charge is 2.19. The van der Waals surface area contributed by atoms with Crippen LogP contribution in [0.15, 0.2) is 42.5 Å². The number of fused-ring (bicyclic) bond motifs is 1. The fourth-order valence-electron chi connectivity index (χ4n) is 2.36. The zero-order valence-electron chi connectivity index (χ0n) is 10.9. The highest BCUT2D eigenvalue weighted by atomic mass is 16.5. The van der Waals surface area contributed by atoms with Gasteiger partial charge in [0, 0.05) is 6.61 Å². The zero-order valence-corrected chi connectivity index (χ0v) is 10.9. The predicted molar refractivity (Wildman–Crippen MR) is 75.1 cm³/mol. The largest absolute Gasteiger partial charge is 0.377 e. The minimum Gasteiger partial charge on any atom is -0.377 e. The number of nitrogens with two attached hydrogens (primary N) is 1. The quantitative estimate of drug-likeness (QED) is 0.628. The molecule has 0 aliphatic heterocycles. The van der Waals surface area contributed by atoms with Crippen molar-refractivity contribution in [3.05, 3.63) is 48.0 Å². The molecule has 0 heterocycles. The van der Waals surface area contributed by atoms with Gasteiger partial charge in [0.15, 0.2) is 0 Å². The van der Waals surface area contributed by atoms with Crippen molar-refractivity contribution in [1.29, 1.82) is 0 Å². The van der Waals surface area contributed by atoms with Crippen molar-refractivity contribution in [2.24, 2.45) is 5.84 Å². The van der Waals surface area contributed by atoms with Gasteiger partial charge in [-0.1, -0.05) is 42.5 Å². The molecule has 96 valence electrons. The van der Waals surface area contributed by atoms with Gasteiger partial charge in [0.2, 0.25) is 0 Å². The Kier molecular flexibility index (Phi) is 4.31. The van der Waals surface area contributed by atoms with Crippen LogP contribution in [0, 0.1) is 0 Å². The Hall–Kier alpha value is -1.42. The van der Waals surface area contributed by atoms with Crippen LogP contribution >= 0.6 is 0 Å². The molecule has 2 aromatic carbocycles. The van der Waals surface area contributed by atoms with Gasteiger partial charge in [-0.25, -0.2) is 0 Å². The number of nitrogens with one attached hydrogen (secondary N) is 1. The minimum atomic E-state index is -0.00366. The molecular weight excluding hydrogens is 224 g/mol. The molecule has 3 N–H and O–H groups in total. The van der Waals surface area contributed by atoms with Crippen molar-refractivity contribution in [2.75, 3.05) is 6.61 Å². The zero-order chi connectivity index (χ0) is 13.0. The number of ether oxygens (including phenoxy) is 1. The molecule has 0 fully saturated rings.